The van der Waals surface area contributed by atoms with Crippen LogP contribution in [0.5, 0.6) is 5.75 Å². The van der Waals surface area contributed by atoms with E-state index in [4.69, 9.17) is 17.0 Å². The highest BCUT2D eigenvalue weighted by atomic mass is 32.1. The van der Waals surface area contributed by atoms with Crippen molar-refractivity contribution in [1.29, 1.82) is 0 Å². The number of ether oxygens (including phenoxy) is 1. The van der Waals surface area contributed by atoms with Gasteiger partial charge in [0.1, 0.15) is 5.75 Å². The van der Waals surface area contributed by atoms with Crippen LogP contribution in [0.2, 0.25) is 0 Å². The molecule has 1 amide bonds. The molecular weight excluding hydrogens is 356 g/mol. The minimum atomic E-state index is -0.242. The maximum atomic E-state index is 12.1. The predicted octanol–water partition coefficient (Wildman–Crippen LogP) is 4.43. The Morgan fingerprint density at radius 2 is 1.48 bits per heavy atom. The molecule has 136 valence electrons. The maximum absolute atomic E-state index is 12.1. The van der Waals surface area contributed by atoms with Crippen molar-refractivity contribution >= 4 is 28.9 Å². The fourth-order valence-electron chi connectivity index (χ4n) is 2.49. The van der Waals surface area contributed by atoms with Crippen LogP contribution >= 0.6 is 12.2 Å². The molecule has 0 atom stereocenters. The van der Waals surface area contributed by atoms with Crippen LogP contribution in [0, 0.1) is 0 Å². The number of rotatable bonds is 6. The normalized spacial score (nSPS) is 10.1. The molecular formula is C22H20N2O2S. The maximum Gasteiger partial charge on any atom is 0.257 e. The summed E-state index contributed by atoms with van der Waals surface area (Å²) in [6.07, 6.45) is 0.858. The highest BCUT2D eigenvalue weighted by Gasteiger charge is 2.07. The number of amides is 1. The first-order valence-corrected chi connectivity index (χ1v) is 9.06. The van der Waals surface area contributed by atoms with Gasteiger partial charge in [-0.2, -0.15) is 0 Å². The van der Waals surface area contributed by atoms with E-state index in [1.165, 1.54) is 5.56 Å². The average Bonchev–Trinajstić information content (AvgIpc) is 2.71. The first-order valence-electron chi connectivity index (χ1n) is 8.65. The lowest BCUT2D eigenvalue weighted by Crippen LogP contribution is -2.34. The Morgan fingerprint density at radius 3 is 2.15 bits per heavy atom. The number of thiocarbonyl (C=S) groups is 1. The molecule has 3 aromatic carbocycles. The molecule has 0 aliphatic heterocycles. The van der Waals surface area contributed by atoms with E-state index in [1.54, 1.807) is 12.1 Å². The van der Waals surface area contributed by atoms with Gasteiger partial charge in [0, 0.05) is 17.7 Å². The van der Waals surface area contributed by atoms with Crippen molar-refractivity contribution in [1.82, 2.24) is 5.32 Å². The Bertz CT molecular complexity index is 881. The van der Waals surface area contributed by atoms with Crippen LogP contribution in [-0.4, -0.2) is 17.6 Å². The molecule has 2 N–H and O–H groups in total. The Balaban J connectivity index is 1.45. The largest absolute Gasteiger partial charge is 0.493 e. The van der Waals surface area contributed by atoms with E-state index in [-0.39, 0.29) is 11.0 Å². The second-order valence-electron chi connectivity index (χ2n) is 5.88. The second kappa shape index (κ2) is 9.50. The van der Waals surface area contributed by atoms with Gasteiger partial charge in [-0.05, 0) is 54.2 Å². The van der Waals surface area contributed by atoms with Crippen LogP contribution in [0.15, 0.2) is 84.9 Å². The number of carbonyl (C=O) groups excluding carboxylic acids is 1. The van der Waals surface area contributed by atoms with Gasteiger partial charge in [-0.1, -0.05) is 48.5 Å². The summed E-state index contributed by atoms with van der Waals surface area (Å²) >= 11 is 5.19. The number of carbonyl (C=O) groups is 1. The molecule has 0 saturated carbocycles. The molecule has 0 aliphatic rings. The van der Waals surface area contributed by atoms with Gasteiger partial charge in [-0.3, -0.25) is 10.1 Å². The Labute approximate surface area is 164 Å². The fourth-order valence-corrected chi connectivity index (χ4v) is 2.70. The summed E-state index contributed by atoms with van der Waals surface area (Å²) in [6.45, 7) is 0.613. The highest BCUT2D eigenvalue weighted by molar-refractivity contribution is 7.80. The molecule has 0 bridgehead atoms. The van der Waals surface area contributed by atoms with E-state index in [1.807, 2.05) is 60.7 Å². The quantitative estimate of drug-likeness (QED) is 0.625. The minimum absolute atomic E-state index is 0.242. The van der Waals surface area contributed by atoms with Crippen molar-refractivity contribution in [3.63, 3.8) is 0 Å². The van der Waals surface area contributed by atoms with Crippen LogP contribution in [0.4, 0.5) is 5.69 Å². The third-order valence-corrected chi connectivity index (χ3v) is 4.08. The molecule has 0 radical (unpaired) electrons. The first kappa shape index (κ1) is 18.6. The van der Waals surface area contributed by atoms with Crippen LogP contribution in [0.25, 0.3) is 0 Å². The van der Waals surface area contributed by atoms with Gasteiger partial charge >= 0.3 is 0 Å². The molecule has 0 aromatic heterocycles. The molecule has 0 aliphatic carbocycles. The summed E-state index contributed by atoms with van der Waals surface area (Å²) in [4.78, 5) is 12.1. The summed E-state index contributed by atoms with van der Waals surface area (Å²) in [5.41, 5.74) is 2.59. The second-order valence-corrected chi connectivity index (χ2v) is 6.29. The number of nitrogens with one attached hydrogen (secondary N) is 2. The van der Waals surface area contributed by atoms with Gasteiger partial charge in [-0.25, -0.2) is 0 Å². The molecule has 27 heavy (non-hydrogen) atoms. The lowest BCUT2D eigenvalue weighted by molar-refractivity contribution is 0.0977. The Morgan fingerprint density at radius 1 is 0.852 bits per heavy atom. The molecule has 0 fully saturated rings. The van der Waals surface area contributed by atoms with Gasteiger partial charge in [0.05, 0.1) is 6.61 Å². The van der Waals surface area contributed by atoms with Gasteiger partial charge in [0.15, 0.2) is 5.11 Å². The van der Waals surface area contributed by atoms with E-state index >= 15 is 0 Å². The van der Waals surface area contributed by atoms with Crippen LogP contribution in [0.3, 0.4) is 0 Å². The topological polar surface area (TPSA) is 50.4 Å². The smallest absolute Gasteiger partial charge is 0.257 e. The summed E-state index contributed by atoms with van der Waals surface area (Å²) < 4.78 is 5.76. The zero-order chi connectivity index (χ0) is 18.9. The van der Waals surface area contributed by atoms with Gasteiger partial charge in [0.25, 0.3) is 5.91 Å². The van der Waals surface area contributed by atoms with Crippen molar-refractivity contribution < 1.29 is 9.53 Å². The van der Waals surface area contributed by atoms with Gasteiger partial charge in [0.2, 0.25) is 0 Å². The monoisotopic (exact) mass is 376 g/mol. The van der Waals surface area contributed by atoms with Crippen LogP contribution < -0.4 is 15.4 Å². The fraction of sp³-hybridized carbons (Fsp3) is 0.0909. The van der Waals surface area contributed by atoms with Crippen molar-refractivity contribution in [2.24, 2.45) is 0 Å². The Hall–Kier alpha value is -3.18. The molecule has 0 heterocycles. The summed E-state index contributed by atoms with van der Waals surface area (Å²) in [5, 5.41) is 5.91. The van der Waals surface area contributed by atoms with Gasteiger partial charge < -0.3 is 10.1 Å². The molecule has 0 spiro atoms. The number of anilines is 1. The SMILES string of the molecule is O=C(NC(=S)Nc1ccc(OCCc2ccccc2)cc1)c1ccccc1. The van der Waals surface area contributed by atoms with E-state index in [0.29, 0.717) is 12.2 Å². The van der Waals surface area contributed by atoms with Crippen LogP contribution in [-0.2, 0) is 6.42 Å². The third kappa shape index (κ3) is 5.94. The third-order valence-electron chi connectivity index (χ3n) is 3.88. The minimum Gasteiger partial charge on any atom is -0.493 e. The molecule has 3 aromatic rings. The van der Waals surface area contributed by atoms with Gasteiger partial charge in [-0.15, -0.1) is 0 Å². The molecule has 3 rings (SSSR count). The van der Waals surface area contributed by atoms with E-state index in [9.17, 15) is 4.79 Å². The van der Waals surface area contributed by atoms with Crippen molar-refractivity contribution in [3.05, 3.63) is 96.1 Å². The number of benzene rings is 3. The van der Waals surface area contributed by atoms with E-state index in [0.717, 1.165) is 17.9 Å². The average molecular weight is 376 g/mol. The van der Waals surface area contributed by atoms with Crippen molar-refractivity contribution in [3.8, 4) is 5.75 Å². The number of hydrogen-bond acceptors (Lipinski definition) is 3. The summed E-state index contributed by atoms with van der Waals surface area (Å²) in [5.74, 6) is 0.546. The number of hydrogen-bond donors (Lipinski definition) is 2. The molecule has 0 saturated heterocycles. The molecule has 5 heteroatoms. The zero-order valence-corrected chi connectivity index (χ0v) is 15.5. The Kier molecular flexibility index (Phi) is 6.55. The van der Waals surface area contributed by atoms with E-state index in [2.05, 4.69) is 22.8 Å². The molecule has 0 unspecified atom stereocenters. The van der Waals surface area contributed by atoms with Crippen LogP contribution in [0.1, 0.15) is 15.9 Å². The standard InChI is InChI=1S/C22H20N2O2S/c25-21(18-9-5-2-6-10-18)24-22(27)23-19-11-13-20(14-12-19)26-16-15-17-7-3-1-4-8-17/h1-14H,15-16H2,(H2,23,24,25,27). The first-order chi connectivity index (χ1) is 13.2. The summed E-state index contributed by atoms with van der Waals surface area (Å²) in [6, 6.07) is 26.6. The zero-order valence-electron chi connectivity index (χ0n) is 14.7. The van der Waals surface area contributed by atoms with E-state index < -0.39 is 0 Å². The summed E-state index contributed by atoms with van der Waals surface area (Å²) in [7, 11) is 0. The molecule has 4 nitrogen and oxygen atoms in total. The lowest BCUT2D eigenvalue weighted by atomic mass is 10.2. The van der Waals surface area contributed by atoms with Crippen molar-refractivity contribution in [2.75, 3.05) is 11.9 Å². The lowest BCUT2D eigenvalue weighted by Gasteiger charge is -2.11. The predicted molar refractivity (Wildman–Crippen MR) is 112 cm³/mol. The highest BCUT2D eigenvalue weighted by Crippen LogP contribution is 2.16. The van der Waals surface area contributed by atoms with Crippen molar-refractivity contribution in [2.45, 2.75) is 6.42 Å².